The van der Waals surface area contributed by atoms with E-state index in [1.807, 2.05) is 17.8 Å². The highest BCUT2D eigenvalue weighted by atomic mass is 16.5. The van der Waals surface area contributed by atoms with Gasteiger partial charge in [-0.05, 0) is 12.8 Å². The van der Waals surface area contributed by atoms with Gasteiger partial charge in [0.1, 0.15) is 12.4 Å². The molecule has 18 heavy (non-hydrogen) atoms. The molecule has 0 aromatic carbocycles. The molecule has 1 aliphatic heterocycles. The molecule has 1 aromatic rings. The lowest BCUT2D eigenvalue weighted by molar-refractivity contribution is -0.145. The van der Waals surface area contributed by atoms with Gasteiger partial charge in [0.05, 0.1) is 12.6 Å². The lowest BCUT2D eigenvalue weighted by Gasteiger charge is -2.31. The molecule has 1 saturated heterocycles. The molecule has 1 fully saturated rings. The first-order valence-corrected chi connectivity index (χ1v) is 6.17. The number of aromatic nitrogens is 2. The van der Waals surface area contributed by atoms with Crippen LogP contribution in [0.4, 0.5) is 0 Å². The molecule has 0 bridgehead atoms. The molecule has 6 nitrogen and oxygen atoms in total. The van der Waals surface area contributed by atoms with Gasteiger partial charge in [-0.25, -0.2) is 9.78 Å². The number of hydrogen-bond donors (Lipinski definition) is 1. The number of piperidine rings is 1. The Labute approximate surface area is 106 Å². The Kier molecular flexibility index (Phi) is 4.33. The summed E-state index contributed by atoms with van der Waals surface area (Å²) < 4.78 is 7.33. The second-order valence-electron chi connectivity index (χ2n) is 4.63. The van der Waals surface area contributed by atoms with Crippen molar-refractivity contribution in [2.75, 3.05) is 19.7 Å². The number of likely N-dealkylation sites (tertiary alicyclic amines) is 1. The van der Waals surface area contributed by atoms with Crippen molar-refractivity contribution < 1.29 is 14.6 Å². The van der Waals surface area contributed by atoms with Gasteiger partial charge < -0.3 is 14.4 Å². The number of imidazole rings is 1. The number of ether oxygens (including phenoxy) is 1. The molecular weight excluding hydrogens is 234 g/mol. The molecule has 0 atom stereocenters. The third-order valence-corrected chi connectivity index (χ3v) is 3.26. The first kappa shape index (κ1) is 13.0. The van der Waals surface area contributed by atoms with Crippen LogP contribution in [0.3, 0.4) is 0 Å². The monoisotopic (exact) mass is 253 g/mol. The van der Waals surface area contributed by atoms with Crippen LogP contribution in [0.5, 0.6) is 0 Å². The number of carbonyl (C=O) groups is 1. The summed E-state index contributed by atoms with van der Waals surface area (Å²) in [5, 5.41) is 8.55. The fourth-order valence-corrected chi connectivity index (χ4v) is 2.17. The highest BCUT2D eigenvalue weighted by Crippen LogP contribution is 2.15. The van der Waals surface area contributed by atoms with Gasteiger partial charge in [-0.3, -0.25) is 4.90 Å². The molecule has 100 valence electrons. The van der Waals surface area contributed by atoms with E-state index in [0.29, 0.717) is 0 Å². The summed E-state index contributed by atoms with van der Waals surface area (Å²) in [6.45, 7) is 2.51. The number of rotatable bonds is 5. The first-order valence-electron chi connectivity index (χ1n) is 6.17. The molecule has 1 N–H and O–H groups in total. The van der Waals surface area contributed by atoms with E-state index >= 15 is 0 Å². The molecule has 0 saturated carbocycles. The molecular formula is C12H19N3O3. The molecule has 1 aliphatic rings. The number of aryl methyl sites for hydroxylation is 1. The second kappa shape index (κ2) is 5.97. The van der Waals surface area contributed by atoms with Crippen LogP contribution < -0.4 is 0 Å². The van der Waals surface area contributed by atoms with Gasteiger partial charge in [-0.1, -0.05) is 0 Å². The van der Waals surface area contributed by atoms with E-state index in [4.69, 9.17) is 9.84 Å². The summed E-state index contributed by atoms with van der Waals surface area (Å²) >= 11 is 0. The molecule has 0 amide bonds. The molecule has 0 spiro atoms. The predicted octanol–water partition coefficient (Wildman–Crippen LogP) is 0.486. The molecule has 0 radical (unpaired) electrons. The molecule has 2 heterocycles. The number of aliphatic carboxylic acids is 1. The van der Waals surface area contributed by atoms with Crippen molar-refractivity contribution in [1.82, 2.24) is 14.5 Å². The average Bonchev–Trinajstić information content (AvgIpc) is 2.74. The van der Waals surface area contributed by atoms with E-state index in [1.54, 1.807) is 6.20 Å². The average molecular weight is 253 g/mol. The van der Waals surface area contributed by atoms with Crippen LogP contribution in [0.25, 0.3) is 0 Å². The zero-order valence-electron chi connectivity index (χ0n) is 10.6. The molecule has 2 rings (SSSR count). The standard InChI is InChI=1S/C12H19N3O3/c1-14-7-4-13-11(14)8-15-5-2-10(3-6-15)18-9-12(16)17/h4,7,10H,2-3,5-6,8-9H2,1H3,(H,16,17). The Morgan fingerprint density at radius 3 is 2.83 bits per heavy atom. The Morgan fingerprint density at radius 1 is 1.56 bits per heavy atom. The van der Waals surface area contributed by atoms with Gasteiger partial charge in [0.15, 0.2) is 0 Å². The van der Waals surface area contributed by atoms with E-state index in [0.717, 1.165) is 38.3 Å². The van der Waals surface area contributed by atoms with Crippen LogP contribution in [0.2, 0.25) is 0 Å². The Morgan fingerprint density at radius 2 is 2.28 bits per heavy atom. The highest BCUT2D eigenvalue weighted by molar-refractivity contribution is 5.68. The summed E-state index contributed by atoms with van der Waals surface area (Å²) in [5.41, 5.74) is 0. The summed E-state index contributed by atoms with van der Waals surface area (Å²) in [6, 6.07) is 0. The van der Waals surface area contributed by atoms with Gasteiger partial charge >= 0.3 is 5.97 Å². The van der Waals surface area contributed by atoms with Gasteiger partial charge in [-0.15, -0.1) is 0 Å². The zero-order chi connectivity index (χ0) is 13.0. The van der Waals surface area contributed by atoms with E-state index in [2.05, 4.69) is 9.88 Å². The third-order valence-electron chi connectivity index (χ3n) is 3.26. The maximum atomic E-state index is 10.4. The summed E-state index contributed by atoms with van der Waals surface area (Å²) in [5.74, 6) is 0.158. The largest absolute Gasteiger partial charge is 0.480 e. The third kappa shape index (κ3) is 3.54. The molecule has 1 aromatic heterocycles. The summed E-state index contributed by atoms with van der Waals surface area (Å²) in [6.07, 6.45) is 5.60. The molecule has 0 unspecified atom stereocenters. The van der Waals surface area contributed by atoms with E-state index in [-0.39, 0.29) is 12.7 Å². The van der Waals surface area contributed by atoms with Crippen molar-refractivity contribution in [3.8, 4) is 0 Å². The van der Waals surface area contributed by atoms with Gasteiger partial charge in [-0.2, -0.15) is 0 Å². The summed E-state index contributed by atoms with van der Waals surface area (Å²) in [4.78, 5) is 17.0. The maximum absolute atomic E-state index is 10.4. The number of carboxylic acids is 1. The van der Waals surface area contributed by atoms with Gasteiger partial charge in [0, 0.05) is 32.5 Å². The topological polar surface area (TPSA) is 67.6 Å². The smallest absolute Gasteiger partial charge is 0.329 e. The molecule has 0 aliphatic carbocycles. The lowest BCUT2D eigenvalue weighted by Crippen LogP contribution is -2.37. The van der Waals surface area contributed by atoms with Gasteiger partial charge in [0.25, 0.3) is 0 Å². The van der Waals surface area contributed by atoms with Crippen LogP contribution >= 0.6 is 0 Å². The van der Waals surface area contributed by atoms with Crippen molar-refractivity contribution >= 4 is 5.97 Å². The Balaban J connectivity index is 1.73. The lowest BCUT2D eigenvalue weighted by atomic mass is 10.1. The molecule has 6 heteroatoms. The van der Waals surface area contributed by atoms with E-state index in [9.17, 15) is 4.79 Å². The fourth-order valence-electron chi connectivity index (χ4n) is 2.17. The first-order chi connectivity index (χ1) is 8.65. The minimum Gasteiger partial charge on any atom is -0.480 e. The minimum absolute atomic E-state index is 0.0821. The van der Waals surface area contributed by atoms with E-state index in [1.165, 1.54) is 0 Å². The predicted molar refractivity (Wildman–Crippen MR) is 65.1 cm³/mol. The van der Waals surface area contributed by atoms with Crippen molar-refractivity contribution in [3.05, 3.63) is 18.2 Å². The zero-order valence-corrected chi connectivity index (χ0v) is 10.6. The van der Waals surface area contributed by atoms with Crippen LogP contribution in [-0.2, 0) is 23.1 Å². The maximum Gasteiger partial charge on any atom is 0.329 e. The van der Waals surface area contributed by atoms with Crippen LogP contribution in [0.15, 0.2) is 12.4 Å². The van der Waals surface area contributed by atoms with Crippen molar-refractivity contribution in [3.63, 3.8) is 0 Å². The normalized spacial score (nSPS) is 18.1. The van der Waals surface area contributed by atoms with Crippen LogP contribution in [0, 0.1) is 0 Å². The second-order valence-corrected chi connectivity index (χ2v) is 4.63. The summed E-state index contributed by atoms with van der Waals surface area (Å²) in [7, 11) is 1.99. The van der Waals surface area contributed by atoms with Crippen molar-refractivity contribution in [2.45, 2.75) is 25.5 Å². The number of nitrogens with zero attached hydrogens (tertiary/aromatic N) is 3. The number of hydrogen-bond acceptors (Lipinski definition) is 4. The Hall–Kier alpha value is -1.40. The fraction of sp³-hybridized carbons (Fsp3) is 0.667. The van der Waals surface area contributed by atoms with Gasteiger partial charge in [0.2, 0.25) is 0 Å². The number of carboxylic acid groups (broad SMARTS) is 1. The SMILES string of the molecule is Cn1ccnc1CN1CCC(OCC(=O)O)CC1. The van der Waals surface area contributed by atoms with Crippen LogP contribution in [-0.4, -0.2) is 51.3 Å². The van der Waals surface area contributed by atoms with Crippen molar-refractivity contribution in [2.24, 2.45) is 7.05 Å². The minimum atomic E-state index is -0.898. The quantitative estimate of drug-likeness (QED) is 0.827. The van der Waals surface area contributed by atoms with Crippen molar-refractivity contribution in [1.29, 1.82) is 0 Å². The highest BCUT2D eigenvalue weighted by Gasteiger charge is 2.21. The van der Waals surface area contributed by atoms with Crippen LogP contribution in [0.1, 0.15) is 18.7 Å². The van der Waals surface area contributed by atoms with E-state index < -0.39 is 5.97 Å². The Bertz CT molecular complexity index is 397.